The number of carbonyl (C=O) groups excluding carboxylic acids is 1. The van der Waals surface area contributed by atoms with Gasteiger partial charge in [-0.1, -0.05) is 13.5 Å². The van der Waals surface area contributed by atoms with Crippen molar-refractivity contribution in [1.82, 2.24) is 0 Å². The van der Waals surface area contributed by atoms with Crippen LogP contribution in [-0.2, 0) is 4.79 Å². The summed E-state index contributed by atoms with van der Waals surface area (Å²) in [6, 6.07) is 6.77. The Morgan fingerprint density at radius 3 is 2.67 bits per heavy atom. The lowest BCUT2D eigenvalue weighted by Crippen LogP contribution is -2.04. The Balaban J connectivity index is 2.67. The van der Waals surface area contributed by atoms with E-state index in [9.17, 15) is 4.79 Å². The van der Waals surface area contributed by atoms with E-state index in [1.807, 2.05) is 0 Å². The lowest BCUT2D eigenvalue weighted by atomic mass is 10.3. The van der Waals surface area contributed by atoms with Gasteiger partial charge in [-0.05, 0) is 24.3 Å². The predicted octanol–water partition coefficient (Wildman–Crippen LogP) is 3.23. The minimum absolute atomic E-state index is 0.254. The van der Waals surface area contributed by atoms with Crippen LogP contribution in [0.2, 0.25) is 0 Å². The van der Waals surface area contributed by atoms with E-state index in [1.54, 1.807) is 31.2 Å². The van der Waals surface area contributed by atoms with Crippen LogP contribution in [0.25, 0.3) is 0 Å². The van der Waals surface area contributed by atoms with Crippen LogP contribution in [-0.4, -0.2) is 5.97 Å². The molecule has 0 radical (unpaired) electrons. The van der Waals surface area contributed by atoms with Crippen LogP contribution in [0.1, 0.15) is 13.3 Å². The molecule has 0 bridgehead atoms. The summed E-state index contributed by atoms with van der Waals surface area (Å²) in [7, 11) is 0. The van der Waals surface area contributed by atoms with E-state index in [4.69, 9.17) is 4.74 Å². The monoisotopic (exact) mass is 204 g/mol. The Morgan fingerprint density at radius 2 is 2.13 bits per heavy atom. The van der Waals surface area contributed by atoms with Gasteiger partial charge in [-0.2, -0.15) is 10.2 Å². The van der Waals surface area contributed by atoms with E-state index >= 15 is 0 Å². The zero-order valence-corrected chi connectivity index (χ0v) is 8.51. The third-order valence-electron chi connectivity index (χ3n) is 1.61. The van der Waals surface area contributed by atoms with Crippen LogP contribution in [0.5, 0.6) is 5.75 Å². The summed E-state index contributed by atoms with van der Waals surface area (Å²) in [6.07, 6.45) is 1.71. The van der Waals surface area contributed by atoms with Gasteiger partial charge in [-0.25, -0.2) is 0 Å². The third-order valence-corrected chi connectivity index (χ3v) is 1.61. The number of esters is 1. The van der Waals surface area contributed by atoms with Gasteiger partial charge < -0.3 is 4.74 Å². The second kappa shape index (κ2) is 5.70. The maximum absolute atomic E-state index is 11.0. The van der Waals surface area contributed by atoms with Crippen molar-refractivity contribution in [3.8, 4) is 5.75 Å². The third kappa shape index (κ3) is 3.72. The molecule has 0 heterocycles. The molecule has 0 aromatic heterocycles. The van der Waals surface area contributed by atoms with E-state index in [2.05, 4.69) is 16.8 Å². The fraction of sp³-hybridized carbons (Fsp3) is 0.182. The predicted molar refractivity (Wildman–Crippen MR) is 57.1 cm³/mol. The average molecular weight is 204 g/mol. The van der Waals surface area contributed by atoms with Crippen molar-refractivity contribution in [2.45, 2.75) is 13.3 Å². The molecule has 0 unspecified atom stereocenters. The van der Waals surface area contributed by atoms with Crippen LogP contribution in [0.4, 0.5) is 5.69 Å². The van der Waals surface area contributed by atoms with Gasteiger partial charge in [0.15, 0.2) is 0 Å². The van der Waals surface area contributed by atoms with Crippen molar-refractivity contribution in [2.24, 2.45) is 10.2 Å². The molecule has 0 N–H and O–H groups in total. The van der Waals surface area contributed by atoms with E-state index in [1.165, 1.54) is 6.20 Å². The minimum Gasteiger partial charge on any atom is -0.427 e. The van der Waals surface area contributed by atoms with Crippen molar-refractivity contribution in [3.63, 3.8) is 0 Å². The molecule has 1 rings (SSSR count). The first-order chi connectivity index (χ1) is 7.26. The first kappa shape index (κ1) is 11.1. The molecule has 0 aliphatic rings. The number of carbonyl (C=O) groups is 1. The highest BCUT2D eigenvalue weighted by Gasteiger charge is 2.00. The first-order valence-electron chi connectivity index (χ1n) is 4.58. The summed E-state index contributed by atoms with van der Waals surface area (Å²) < 4.78 is 4.99. The van der Waals surface area contributed by atoms with Crippen molar-refractivity contribution in [3.05, 3.63) is 37.0 Å². The summed E-state index contributed by atoms with van der Waals surface area (Å²) in [6.45, 7) is 5.16. The maximum atomic E-state index is 11.0. The molecule has 0 aliphatic carbocycles. The smallest absolute Gasteiger partial charge is 0.310 e. The largest absolute Gasteiger partial charge is 0.427 e. The molecular formula is C11H12N2O2. The number of ether oxygens (including phenoxy) is 1. The molecule has 15 heavy (non-hydrogen) atoms. The van der Waals surface area contributed by atoms with Gasteiger partial charge in [0.2, 0.25) is 0 Å². The number of hydrogen-bond donors (Lipinski definition) is 0. The van der Waals surface area contributed by atoms with E-state index in [0.29, 0.717) is 17.9 Å². The number of benzene rings is 1. The fourth-order valence-electron chi connectivity index (χ4n) is 0.892. The number of nitrogens with zero attached hydrogens (tertiary/aromatic N) is 2. The van der Waals surface area contributed by atoms with Gasteiger partial charge in [0, 0.05) is 12.6 Å². The molecule has 0 saturated heterocycles. The molecule has 0 amide bonds. The Morgan fingerprint density at radius 1 is 1.47 bits per heavy atom. The molecule has 0 saturated carbocycles. The van der Waals surface area contributed by atoms with Gasteiger partial charge in [-0.15, -0.1) is 0 Å². The van der Waals surface area contributed by atoms with Crippen molar-refractivity contribution < 1.29 is 9.53 Å². The average Bonchev–Trinajstić information content (AvgIpc) is 2.28. The Bertz CT molecular complexity index is 369. The van der Waals surface area contributed by atoms with Crippen LogP contribution in [0.15, 0.2) is 47.3 Å². The minimum atomic E-state index is -0.254. The molecular weight excluding hydrogens is 192 g/mol. The zero-order valence-electron chi connectivity index (χ0n) is 8.51. The topological polar surface area (TPSA) is 51.0 Å². The maximum Gasteiger partial charge on any atom is 0.310 e. The highest BCUT2D eigenvalue weighted by atomic mass is 16.5. The SMILES string of the molecule is C=CN=Nc1ccc(OC(=O)CC)cc1. The lowest BCUT2D eigenvalue weighted by molar-refractivity contribution is -0.134. The van der Waals surface area contributed by atoms with Gasteiger partial charge in [0.25, 0.3) is 0 Å². The first-order valence-corrected chi connectivity index (χ1v) is 4.58. The molecule has 0 aliphatic heterocycles. The summed E-state index contributed by atoms with van der Waals surface area (Å²) in [5.74, 6) is 0.259. The molecule has 78 valence electrons. The highest BCUT2D eigenvalue weighted by molar-refractivity contribution is 5.72. The summed E-state index contributed by atoms with van der Waals surface area (Å²) in [4.78, 5) is 11.0. The van der Waals surface area contributed by atoms with Gasteiger partial charge in [0.05, 0.1) is 5.69 Å². The summed E-state index contributed by atoms with van der Waals surface area (Å²) >= 11 is 0. The number of azo groups is 1. The lowest BCUT2D eigenvalue weighted by Gasteiger charge is -2.01. The molecule has 4 nitrogen and oxygen atoms in total. The van der Waals surface area contributed by atoms with Crippen LogP contribution >= 0.6 is 0 Å². The van der Waals surface area contributed by atoms with Gasteiger partial charge in [0.1, 0.15) is 5.75 Å². The van der Waals surface area contributed by atoms with Gasteiger partial charge in [-0.3, -0.25) is 4.79 Å². The molecule has 1 aromatic rings. The molecule has 0 fully saturated rings. The molecule has 0 atom stereocenters. The van der Waals surface area contributed by atoms with E-state index < -0.39 is 0 Å². The normalized spacial score (nSPS) is 10.2. The number of hydrogen-bond acceptors (Lipinski definition) is 4. The van der Waals surface area contributed by atoms with Crippen LogP contribution < -0.4 is 4.74 Å². The Labute approximate surface area is 88.3 Å². The van der Waals surface area contributed by atoms with Gasteiger partial charge >= 0.3 is 5.97 Å². The van der Waals surface area contributed by atoms with Crippen molar-refractivity contribution >= 4 is 11.7 Å². The van der Waals surface area contributed by atoms with Crippen molar-refractivity contribution in [2.75, 3.05) is 0 Å². The quantitative estimate of drug-likeness (QED) is 0.429. The molecule has 0 spiro atoms. The van der Waals surface area contributed by atoms with E-state index in [0.717, 1.165) is 0 Å². The highest BCUT2D eigenvalue weighted by Crippen LogP contribution is 2.18. The second-order valence-electron chi connectivity index (χ2n) is 2.72. The van der Waals surface area contributed by atoms with Crippen molar-refractivity contribution in [1.29, 1.82) is 0 Å². The summed E-state index contributed by atoms with van der Waals surface area (Å²) in [5, 5.41) is 7.46. The Hall–Kier alpha value is -1.97. The standard InChI is InChI=1S/C11H12N2O2/c1-3-11(14)15-10-7-5-9(6-8-10)13-12-4-2/h4-8H,2-3H2,1H3. The zero-order chi connectivity index (χ0) is 11.1. The second-order valence-corrected chi connectivity index (χ2v) is 2.72. The number of rotatable bonds is 4. The van der Waals surface area contributed by atoms with Crippen LogP contribution in [0.3, 0.4) is 0 Å². The Kier molecular flexibility index (Phi) is 4.22. The molecule has 1 aromatic carbocycles. The van der Waals surface area contributed by atoms with E-state index in [-0.39, 0.29) is 5.97 Å². The summed E-state index contributed by atoms with van der Waals surface area (Å²) in [5.41, 5.74) is 0.686. The fourth-order valence-corrected chi connectivity index (χ4v) is 0.892. The van der Waals surface area contributed by atoms with Crippen LogP contribution in [0, 0.1) is 0 Å². The molecule has 4 heteroatoms.